The van der Waals surface area contributed by atoms with E-state index in [1.807, 2.05) is 0 Å². The summed E-state index contributed by atoms with van der Waals surface area (Å²) in [5.41, 5.74) is 3.97. The molecule has 0 aliphatic heterocycles. The first-order chi connectivity index (χ1) is 9.91. The van der Waals surface area contributed by atoms with Crippen LogP contribution in [0.25, 0.3) is 0 Å². The molecular formula is C17H24N2O2. The number of H-pyrrole nitrogens is 1. The summed E-state index contributed by atoms with van der Waals surface area (Å²) in [6, 6.07) is 0. The molecule has 4 fully saturated rings. The Morgan fingerprint density at radius 2 is 1.95 bits per heavy atom. The number of carboxylic acids is 1. The van der Waals surface area contributed by atoms with Gasteiger partial charge in [0.15, 0.2) is 0 Å². The minimum atomic E-state index is -0.618. The van der Waals surface area contributed by atoms with E-state index in [0.717, 1.165) is 36.8 Å². The van der Waals surface area contributed by atoms with Crippen LogP contribution in [0.3, 0.4) is 0 Å². The van der Waals surface area contributed by atoms with E-state index >= 15 is 0 Å². The molecule has 1 aromatic heterocycles. The van der Waals surface area contributed by atoms with Gasteiger partial charge in [0.1, 0.15) is 0 Å². The summed E-state index contributed by atoms with van der Waals surface area (Å²) < 4.78 is 0. The average molecular weight is 288 g/mol. The van der Waals surface area contributed by atoms with Crippen molar-refractivity contribution >= 4 is 5.97 Å². The Labute approximate surface area is 125 Å². The molecule has 4 aliphatic rings. The molecule has 0 amide bonds. The van der Waals surface area contributed by atoms with Crippen LogP contribution >= 0.6 is 0 Å². The molecule has 4 bridgehead atoms. The zero-order chi connectivity index (χ0) is 14.8. The lowest BCUT2D eigenvalue weighted by Gasteiger charge is -2.62. The highest BCUT2D eigenvalue weighted by atomic mass is 16.4. The Hall–Kier alpha value is -1.32. The molecule has 2 N–H and O–H groups in total. The van der Waals surface area contributed by atoms with Gasteiger partial charge in [0.05, 0.1) is 12.1 Å². The van der Waals surface area contributed by atoms with Crippen molar-refractivity contribution in [1.82, 2.24) is 10.2 Å². The van der Waals surface area contributed by atoms with Crippen LogP contribution in [0.4, 0.5) is 0 Å². The summed E-state index contributed by atoms with van der Waals surface area (Å²) in [7, 11) is 0. The lowest BCUT2D eigenvalue weighted by molar-refractivity contribution is -0.146. The fourth-order valence-corrected chi connectivity index (χ4v) is 6.60. The maximum Gasteiger partial charge on any atom is 0.303 e. The van der Waals surface area contributed by atoms with Crippen molar-refractivity contribution in [1.29, 1.82) is 0 Å². The second-order valence-corrected chi connectivity index (χ2v) is 8.12. The second kappa shape index (κ2) is 4.11. The van der Waals surface area contributed by atoms with Gasteiger partial charge in [-0.15, -0.1) is 0 Å². The third-order valence-corrected chi connectivity index (χ3v) is 6.37. The fraction of sp³-hybridized carbons (Fsp3) is 0.765. The van der Waals surface area contributed by atoms with Gasteiger partial charge in [-0.1, -0.05) is 0 Å². The molecule has 4 nitrogen and oxygen atoms in total. The number of rotatable bonds is 3. The van der Waals surface area contributed by atoms with Crippen molar-refractivity contribution < 1.29 is 9.90 Å². The van der Waals surface area contributed by atoms with E-state index in [4.69, 9.17) is 0 Å². The topological polar surface area (TPSA) is 66.0 Å². The molecule has 1 aromatic rings. The third-order valence-electron chi connectivity index (χ3n) is 6.37. The van der Waals surface area contributed by atoms with Gasteiger partial charge < -0.3 is 5.11 Å². The molecule has 4 heteroatoms. The summed E-state index contributed by atoms with van der Waals surface area (Å²) in [6.07, 6.45) is 7.48. The van der Waals surface area contributed by atoms with Gasteiger partial charge in [-0.2, -0.15) is 5.10 Å². The lowest BCUT2D eigenvalue weighted by Crippen LogP contribution is -2.54. The molecule has 0 radical (unpaired) electrons. The van der Waals surface area contributed by atoms with Crippen molar-refractivity contribution in [3.05, 3.63) is 17.0 Å². The zero-order valence-electron chi connectivity index (χ0n) is 12.9. The fourth-order valence-electron chi connectivity index (χ4n) is 6.60. The minimum Gasteiger partial charge on any atom is -0.481 e. The van der Waals surface area contributed by atoms with E-state index in [9.17, 15) is 9.90 Å². The molecule has 4 saturated carbocycles. The number of carbonyl (C=O) groups is 1. The number of hydrogen-bond donors (Lipinski definition) is 2. The number of nitrogens with one attached hydrogen (secondary N) is 1. The maximum atomic E-state index is 11.4. The minimum absolute atomic E-state index is 0.0477. The van der Waals surface area contributed by atoms with Crippen LogP contribution in [0, 0.1) is 31.1 Å². The summed E-state index contributed by atoms with van der Waals surface area (Å²) in [4.78, 5) is 11.4. The van der Waals surface area contributed by atoms with Crippen LogP contribution in [0.5, 0.6) is 0 Å². The van der Waals surface area contributed by atoms with Crippen LogP contribution in [0.15, 0.2) is 0 Å². The van der Waals surface area contributed by atoms with Crippen LogP contribution in [0.2, 0.25) is 0 Å². The van der Waals surface area contributed by atoms with Crippen molar-refractivity contribution in [3.63, 3.8) is 0 Å². The molecular weight excluding hydrogens is 264 g/mol. The molecule has 2 unspecified atom stereocenters. The van der Waals surface area contributed by atoms with E-state index < -0.39 is 5.97 Å². The van der Waals surface area contributed by atoms with Gasteiger partial charge in [0.25, 0.3) is 0 Å². The van der Waals surface area contributed by atoms with E-state index in [2.05, 4.69) is 24.0 Å². The van der Waals surface area contributed by atoms with Crippen molar-refractivity contribution in [2.45, 2.75) is 64.2 Å². The number of aliphatic carboxylic acids is 1. The van der Waals surface area contributed by atoms with Gasteiger partial charge in [-0.25, -0.2) is 0 Å². The molecule has 21 heavy (non-hydrogen) atoms. The quantitative estimate of drug-likeness (QED) is 0.896. The SMILES string of the molecule is Cc1n[nH]c(C)c1C12C[C@@H]3C[C@@H](CC(CC(=O)O)(C3)C1)C2. The van der Waals surface area contributed by atoms with E-state index in [0.29, 0.717) is 6.42 Å². The summed E-state index contributed by atoms with van der Waals surface area (Å²) in [5, 5.41) is 16.9. The first kappa shape index (κ1) is 13.4. The van der Waals surface area contributed by atoms with E-state index in [1.165, 1.54) is 30.5 Å². The molecule has 114 valence electrons. The maximum absolute atomic E-state index is 11.4. The molecule has 5 rings (SSSR count). The second-order valence-electron chi connectivity index (χ2n) is 8.12. The Kier molecular flexibility index (Phi) is 2.61. The van der Waals surface area contributed by atoms with E-state index in [1.54, 1.807) is 0 Å². The predicted octanol–water partition coefficient (Wildman–Crippen LogP) is 3.34. The Morgan fingerprint density at radius 1 is 1.29 bits per heavy atom. The van der Waals surface area contributed by atoms with Crippen LogP contribution in [0.1, 0.15) is 61.9 Å². The van der Waals surface area contributed by atoms with Gasteiger partial charge in [-0.05, 0) is 69.6 Å². The number of aryl methyl sites for hydroxylation is 2. The average Bonchev–Trinajstić information content (AvgIpc) is 2.65. The standard InChI is InChI=1S/C17H24N2O2/c1-10-15(11(2)19-18-10)17-6-12-3-13(7-17)5-16(4-12,9-17)8-14(20)21/h12-13H,3-9H2,1-2H3,(H,18,19)(H,20,21)/t12-,13+,16?,17?. The van der Waals surface area contributed by atoms with Crippen LogP contribution < -0.4 is 0 Å². The third kappa shape index (κ3) is 1.87. The zero-order valence-corrected chi connectivity index (χ0v) is 12.9. The smallest absolute Gasteiger partial charge is 0.303 e. The number of nitrogens with zero attached hydrogens (tertiary/aromatic N) is 1. The molecule has 1 heterocycles. The highest BCUT2D eigenvalue weighted by Gasteiger charge is 2.59. The van der Waals surface area contributed by atoms with Crippen LogP contribution in [-0.2, 0) is 10.2 Å². The number of aromatic nitrogens is 2. The number of aromatic amines is 1. The Morgan fingerprint density at radius 3 is 2.48 bits per heavy atom. The summed E-state index contributed by atoms with van der Waals surface area (Å²) >= 11 is 0. The van der Waals surface area contributed by atoms with Crippen LogP contribution in [-0.4, -0.2) is 21.3 Å². The highest BCUT2D eigenvalue weighted by molar-refractivity contribution is 5.68. The Balaban J connectivity index is 1.79. The number of hydrogen-bond acceptors (Lipinski definition) is 2. The lowest BCUT2D eigenvalue weighted by atomic mass is 9.42. The number of carboxylic acid groups (broad SMARTS) is 1. The molecule has 0 aromatic carbocycles. The summed E-state index contributed by atoms with van der Waals surface area (Å²) in [5.74, 6) is 0.825. The predicted molar refractivity (Wildman–Crippen MR) is 79.1 cm³/mol. The van der Waals surface area contributed by atoms with Crippen molar-refractivity contribution in [2.75, 3.05) is 0 Å². The van der Waals surface area contributed by atoms with Crippen molar-refractivity contribution in [2.24, 2.45) is 17.3 Å². The van der Waals surface area contributed by atoms with E-state index in [-0.39, 0.29) is 10.8 Å². The van der Waals surface area contributed by atoms with Gasteiger partial charge in [0, 0.05) is 16.7 Å². The molecule has 0 spiro atoms. The van der Waals surface area contributed by atoms with Gasteiger partial charge >= 0.3 is 5.97 Å². The molecule has 0 saturated heterocycles. The first-order valence-electron chi connectivity index (χ1n) is 8.15. The highest BCUT2D eigenvalue weighted by Crippen LogP contribution is 2.67. The molecule has 4 aliphatic carbocycles. The first-order valence-corrected chi connectivity index (χ1v) is 8.15. The van der Waals surface area contributed by atoms with Crippen molar-refractivity contribution in [3.8, 4) is 0 Å². The largest absolute Gasteiger partial charge is 0.481 e. The summed E-state index contributed by atoms with van der Waals surface area (Å²) in [6.45, 7) is 4.22. The Bertz CT molecular complexity index is 570. The normalized spacial score (nSPS) is 40.7. The van der Waals surface area contributed by atoms with Gasteiger partial charge in [0.2, 0.25) is 0 Å². The molecule has 4 atom stereocenters. The monoisotopic (exact) mass is 288 g/mol. The van der Waals surface area contributed by atoms with Gasteiger partial charge in [-0.3, -0.25) is 9.89 Å².